The van der Waals surface area contributed by atoms with Crippen molar-refractivity contribution in [2.75, 3.05) is 0 Å². The van der Waals surface area contributed by atoms with Gasteiger partial charge in [0.15, 0.2) is 0 Å². The SMILES string of the molecule is N[C@@H](c1c(F)cccc1Br)C1CCCCC1. The number of hydrogen-bond donors (Lipinski definition) is 1. The topological polar surface area (TPSA) is 26.0 Å². The van der Waals surface area contributed by atoms with Crippen molar-refractivity contribution in [3.8, 4) is 0 Å². The molecule has 3 heteroatoms. The van der Waals surface area contributed by atoms with Gasteiger partial charge in [-0.25, -0.2) is 4.39 Å². The summed E-state index contributed by atoms with van der Waals surface area (Å²) in [4.78, 5) is 0. The number of rotatable bonds is 2. The minimum atomic E-state index is -0.188. The molecule has 1 aromatic carbocycles. The molecule has 88 valence electrons. The minimum absolute atomic E-state index is 0.170. The lowest BCUT2D eigenvalue weighted by molar-refractivity contribution is 0.303. The Bertz CT molecular complexity index is 341. The van der Waals surface area contributed by atoms with Gasteiger partial charge in [0.2, 0.25) is 0 Å². The Kier molecular flexibility index (Phi) is 3.98. The van der Waals surface area contributed by atoms with E-state index in [1.165, 1.54) is 25.3 Å². The van der Waals surface area contributed by atoms with Crippen LogP contribution in [-0.2, 0) is 0 Å². The number of halogens is 2. The summed E-state index contributed by atoms with van der Waals surface area (Å²) in [5, 5.41) is 0. The maximum Gasteiger partial charge on any atom is 0.129 e. The molecule has 1 nitrogen and oxygen atoms in total. The summed E-state index contributed by atoms with van der Waals surface area (Å²) in [5.41, 5.74) is 6.85. The van der Waals surface area contributed by atoms with Crippen LogP contribution in [0, 0.1) is 11.7 Å². The zero-order chi connectivity index (χ0) is 11.5. The Morgan fingerprint density at radius 3 is 2.56 bits per heavy atom. The van der Waals surface area contributed by atoms with Crippen LogP contribution in [0.2, 0.25) is 0 Å². The lowest BCUT2D eigenvalue weighted by Crippen LogP contribution is -2.24. The summed E-state index contributed by atoms with van der Waals surface area (Å²) < 4.78 is 14.5. The van der Waals surface area contributed by atoms with Crippen LogP contribution >= 0.6 is 15.9 Å². The van der Waals surface area contributed by atoms with Crippen LogP contribution in [0.4, 0.5) is 4.39 Å². The summed E-state index contributed by atoms with van der Waals surface area (Å²) in [6.07, 6.45) is 6.00. The Morgan fingerprint density at radius 1 is 1.25 bits per heavy atom. The first-order valence-electron chi connectivity index (χ1n) is 5.89. The van der Waals surface area contributed by atoms with Crippen molar-refractivity contribution >= 4 is 15.9 Å². The molecule has 1 fully saturated rings. The molecule has 2 N–H and O–H groups in total. The van der Waals surface area contributed by atoms with Crippen molar-refractivity contribution in [1.29, 1.82) is 0 Å². The van der Waals surface area contributed by atoms with E-state index in [9.17, 15) is 4.39 Å². The maximum absolute atomic E-state index is 13.7. The van der Waals surface area contributed by atoms with Crippen molar-refractivity contribution in [3.05, 3.63) is 34.1 Å². The first kappa shape index (κ1) is 12.1. The van der Waals surface area contributed by atoms with E-state index in [1.807, 2.05) is 6.07 Å². The van der Waals surface area contributed by atoms with Crippen molar-refractivity contribution in [2.45, 2.75) is 38.1 Å². The molecule has 1 saturated carbocycles. The molecule has 0 spiro atoms. The predicted molar refractivity (Wildman–Crippen MR) is 67.6 cm³/mol. The van der Waals surface area contributed by atoms with E-state index in [0.29, 0.717) is 11.5 Å². The number of nitrogens with two attached hydrogens (primary N) is 1. The monoisotopic (exact) mass is 285 g/mol. The largest absolute Gasteiger partial charge is 0.324 e. The molecule has 0 radical (unpaired) electrons. The van der Waals surface area contributed by atoms with E-state index in [0.717, 1.165) is 17.3 Å². The molecule has 1 aromatic rings. The standard InChI is InChI=1S/C13H17BrFN/c14-10-7-4-8-11(15)12(10)13(16)9-5-2-1-3-6-9/h4,7-9,13H,1-3,5-6,16H2/t13-/m1/s1. The normalized spacial score (nSPS) is 19.7. The molecule has 1 aliphatic rings. The van der Waals surface area contributed by atoms with E-state index < -0.39 is 0 Å². The fourth-order valence-electron chi connectivity index (χ4n) is 2.56. The lowest BCUT2D eigenvalue weighted by atomic mass is 9.81. The second-order valence-corrected chi connectivity index (χ2v) is 5.41. The van der Waals surface area contributed by atoms with E-state index in [-0.39, 0.29) is 11.9 Å². The van der Waals surface area contributed by atoms with Gasteiger partial charge in [-0.15, -0.1) is 0 Å². The minimum Gasteiger partial charge on any atom is -0.324 e. The van der Waals surface area contributed by atoms with Crippen molar-refractivity contribution in [1.82, 2.24) is 0 Å². The average Bonchev–Trinajstić information content (AvgIpc) is 2.30. The Balaban J connectivity index is 2.22. The van der Waals surface area contributed by atoms with E-state index in [4.69, 9.17) is 5.73 Å². The first-order valence-corrected chi connectivity index (χ1v) is 6.69. The van der Waals surface area contributed by atoms with Crippen LogP contribution in [0.25, 0.3) is 0 Å². The van der Waals surface area contributed by atoms with Crippen molar-refractivity contribution in [3.63, 3.8) is 0 Å². The van der Waals surface area contributed by atoms with Gasteiger partial charge in [-0.2, -0.15) is 0 Å². The van der Waals surface area contributed by atoms with E-state index in [2.05, 4.69) is 15.9 Å². The zero-order valence-electron chi connectivity index (χ0n) is 9.26. The number of benzene rings is 1. The molecule has 0 aliphatic heterocycles. The third-order valence-electron chi connectivity index (χ3n) is 3.49. The number of hydrogen-bond acceptors (Lipinski definition) is 1. The quantitative estimate of drug-likeness (QED) is 0.867. The molecular formula is C13H17BrFN. The highest BCUT2D eigenvalue weighted by Gasteiger charge is 2.25. The Hall–Kier alpha value is -0.410. The van der Waals surface area contributed by atoms with E-state index in [1.54, 1.807) is 6.07 Å². The summed E-state index contributed by atoms with van der Waals surface area (Å²) in [6, 6.07) is 4.89. The van der Waals surface area contributed by atoms with Crippen LogP contribution in [0.15, 0.2) is 22.7 Å². The Morgan fingerprint density at radius 2 is 1.94 bits per heavy atom. The second kappa shape index (κ2) is 5.28. The summed E-state index contributed by atoms with van der Waals surface area (Å²) in [7, 11) is 0. The molecule has 1 atom stereocenters. The first-order chi connectivity index (χ1) is 7.70. The highest BCUT2D eigenvalue weighted by atomic mass is 79.9. The highest BCUT2D eigenvalue weighted by Crippen LogP contribution is 2.36. The van der Waals surface area contributed by atoms with Crippen molar-refractivity contribution < 1.29 is 4.39 Å². The molecule has 0 aromatic heterocycles. The van der Waals surface area contributed by atoms with Crippen LogP contribution in [0.3, 0.4) is 0 Å². The fourth-order valence-corrected chi connectivity index (χ4v) is 3.16. The van der Waals surface area contributed by atoms with Gasteiger partial charge < -0.3 is 5.73 Å². The van der Waals surface area contributed by atoms with Crippen LogP contribution in [-0.4, -0.2) is 0 Å². The van der Waals surface area contributed by atoms with E-state index >= 15 is 0 Å². The molecular weight excluding hydrogens is 269 g/mol. The smallest absolute Gasteiger partial charge is 0.129 e. The molecule has 0 amide bonds. The molecule has 16 heavy (non-hydrogen) atoms. The fraction of sp³-hybridized carbons (Fsp3) is 0.538. The third kappa shape index (κ3) is 2.46. The van der Waals surface area contributed by atoms with Gasteiger partial charge >= 0.3 is 0 Å². The highest BCUT2D eigenvalue weighted by molar-refractivity contribution is 9.10. The summed E-state index contributed by atoms with van der Waals surface area (Å²) in [6.45, 7) is 0. The van der Waals surface area contributed by atoms with Gasteiger partial charge in [0, 0.05) is 16.1 Å². The van der Waals surface area contributed by atoms with Gasteiger partial charge in [0.25, 0.3) is 0 Å². The molecule has 2 rings (SSSR count). The second-order valence-electron chi connectivity index (χ2n) is 4.56. The molecule has 0 bridgehead atoms. The van der Waals surface area contributed by atoms with Gasteiger partial charge in [0.1, 0.15) is 5.82 Å². The lowest BCUT2D eigenvalue weighted by Gasteiger charge is -2.28. The van der Waals surface area contributed by atoms with Crippen LogP contribution < -0.4 is 5.73 Å². The summed E-state index contributed by atoms with van der Waals surface area (Å²) in [5.74, 6) is 0.245. The van der Waals surface area contributed by atoms with Gasteiger partial charge in [-0.3, -0.25) is 0 Å². The molecule has 0 heterocycles. The van der Waals surface area contributed by atoms with Crippen LogP contribution in [0.5, 0.6) is 0 Å². The molecule has 0 unspecified atom stereocenters. The maximum atomic E-state index is 13.7. The summed E-state index contributed by atoms with van der Waals surface area (Å²) >= 11 is 3.39. The predicted octanol–water partition coefficient (Wildman–Crippen LogP) is 4.17. The van der Waals surface area contributed by atoms with Gasteiger partial charge in [-0.1, -0.05) is 41.3 Å². The Labute approximate surface area is 104 Å². The van der Waals surface area contributed by atoms with Gasteiger partial charge in [-0.05, 0) is 30.9 Å². The average molecular weight is 286 g/mol. The van der Waals surface area contributed by atoms with Gasteiger partial charge in [0.05, 0.1) is 0 Å². The zero-order valence-corrected chi connectivity index (χ0v) is 10.8. The third-order valence-corrected chi connectivity index (χ3v) is 4.18. The molecule has 0 saturated heterocycles. The van der Waals surface area contributed by atoms with Crippen LogP contribution in [0.1, 0.15) is 43.7 Å². The van der Waals surface area contributed by atoms with Crippen molar-refractivity contribution in [2.24, 2.45) is 11.7 Å². The molecule has 1 aliphatic carbocycles.